The molecular formula is C21H19N5O3S. The van der Waals surface area contributed by atoms with E-state index in [0.717, 1.165) is 26.5 Å². The zero-order chi connectivity index (χ0) is 20.9. The molecule has 2 aromatic heterocycles. The fourth-order valence-electron chi connectivity index (χ4n) is 2.85. The standard InChI is InChI=1S/C21H19N5O3S/c1-29-14-8-6-13(7-9-14)16-12-17(24-23-16)21(28)26-25-19(27)10-11-20-22-15-4-2-3-5-18(15)30-20/h2-9,12H,10-11H2,1H3,(H,23,24)(H,25,27)(H,26,28). The monoisotopic (exact) mass is 421 g/mol. The maximum absolute atomic E-state index is 12.3. The Balaban J connectivity index is 1.28. The molecule has 9 heteroatoms. The molecule has 0 fully saturated rings. The molecule has 152 valence electrons. The number of hydrazine groups is 1. The average Bonchev–Trinajstić information content (AvgIpc) is 3.43. The van der Waals surface area contributed by atoms with Gasteiger partial charge in [0.25, 0.3) is 5.91 Å². The molecule has 4 aromatic rings. The zero-order valence-electron chi connectivity index (χ0n) is 16.1. The molecule has 0 aliphatic carbocycles. The van der Waals surface area contributed by atoms with Crippen LogP contribution in [0.2, 0.25) is 0 Å². The molecule has 0 saturated carbocycles. The third-order valence-corrected chi connectivity index (χ3v) is 5.52. The molecule has 2 amide bonds. The van der Waals surface area contributed by atoms with E-state index in [0.29, 0.717) is 12.1 Å². The van der Waals surface area contributed by atoms with E-state index in [4.69, 9.17) is 4.74 Å². The summed E-state index contributed by atoms with van der Waals surface area (Å²) < 4.78 is 6.22. The number of H-pyrrole nitrogens is 1. The zero-order valence-corrected chi connectivity index (χ0v) is 17.0. The number of methoxy groups -OCH3 is 1. The number of amides is 2. The van der Waals surface area contributed by atoms with E-state index < -0.39 is 5.91 Å². The highest BCUT2D eigenvalue weighted by atomic mass is 32.1. The van der Waals surface area contributed by atoms with Crippen LogP contribution >= 0.6 is 11.3 Å². The van der Waals surface area contributed by atoms with Gasteiger partial charge in [-0.15, -0.1) is 11.3 Å². The Morgan fingerprint density at radius 2 is 1.90 bits per heavy atom. The summed E-state index contributed by atoms with van der Waals surface area (Å²) in [5, 5.41) is 7.70. The smallest absolute Gasteiger partial charge is 0.287 e. The number of hydrogen-bond acceptors (Lipinski definition) is 6. The van der Waals surface area contributed by atoms with Crippen LogP contribution in [0.1, 0.15) is 21.9 Å². The Kier molecular flexibility index (Phi) is 5.71. The number of thiazole rings is 1. The summed E-state index contributed by atoms with van der Waals surface area (Å²) in [6, 6.07) is 16.8. The lowest BCUT2D eigenvalue weighted by Gasteiger charge is -2.05. The van der Waals surface area contributed by atoms with Crippen molar-refractivity contribution in [1.82, 2.24) is 26.0 Å². The van der Waals surface area contributed by atoms with Crippen molar-refractivity contribution in [2.75, 3.05) is 7.11 Å². The first-order valence-corrected chi connectivity index (χ1v) is 10.1. The molecule has 0 unspecified atom stereocenters. The SMILES string of the molecule is COc1ccc(-c2cc(C(=O)NNC(=O)CCc3nc4ccccc4s3)[nH]n2)cc1. The van der Waals surface area contributed by atoms with E-state index in [1.54, 1.807) is 24.5 Å². The summed E-state index contributed by atoms with van der Waals surface area (Å²) in [6.07, 6.45) is 0.729. The number of rotatable bonds is 6. The first-order chi connectivity index (χ1) is 14.6. The Labute approximate surface area is 176 Å². The number of fused-ring (bicyclic) bond motifs is 1. The maximum Gasteiger partial charge on any atom is 0.287 e. The normalized spacial score (nSPS) is 10.7. The van der Waals surface area contributed by atoms with Crippen molar-refractivity contribution >= 4 is 33.4 Å². The molecule has 0 radical (unpaired) electrons. The number of aromatic amines is 1. The largest absolute Gasteiger partial charge is 0.497 e. The number of para-hydroxylation sites is 1. The predicted molar refractivity (Wildman–Crippen MR) is 114 cm³/mol. The van der Waals surface area contributed by atoms with Crippen molar-refractivity contribution in [2.24, 2.45) is 0 Å². The van der Waals surface area contributed by atoms with E-state index in [2.05, 4.69) is 26.0 Å². The molecule has 8 nitrogen and oxygen atoms in total. The van der Waals surface area contributed by atoms with Gasteiger partial charge in [0.2, 0.25) is 5.91 Å². The summed E-state index contributed by atoms with van der Waals surface area (Å²) in [7, 11) is 1.60. The van der Waals surface area contributed by atoms with Gasteiger partial charge < -0.3 is 4.74 Å². The number of carbonyl (C=O) groups excluding carboxylic acids is 2. The summed E-state index contributed by atoms with van der Waals surface area (Å²) in [6.45, 7) is 0. The molecule has 0 bridgehead atoms. The van der Waals surface area contributed by atoms with Crippen LogP contribution in [-0.4, -0.2) is 34.1 Å². The molecule has 0 saturated heterocycles. The molecular weight excluding hydrogens is 402 g/mol. The number of nitrogens with one attached hydrogen (secondary N) is 3. The molecule has 30 heavy (non-hydrogen) atoms. The number of nitrogens with zero attached hydrogens (tertiary/aromatic N) is 2. The molecule has 2 heterocycles. The van der Waals surface area contributed by atoms with E-state index >= 15 is 0 Å². The second-order valence-corrected chi connectivity index (χ2v) is 7.59. The predicted octanol–water partition coefficient (Wildman–Crippen LogP) is 3.09. The minimum absolute atomic E-state index is 0.222. The average molecular weight is 421 g/mol. The quantitative estimate of drug-likeness (QED) is 0.415. The van der Waals surface area contributed by atoms with E-state index in [1.165, 1.54) is 0 Å². The Hall–Kier alpha value is -3.72. The number of hydrogen-bond donors (Lipinski definition) is 3. The van der Waals surface area contributed by atoms with Crippen molar-refractivity contribution in [3.8, 4) is 17.0 Å². The fraction of sp³-hybridized carbons (Fsp3) is 0.143. The molecule has 0 aliphatic heterocycles. The highest BCUT2D eigenvalue weighted by molar-refractivity contribution is 7.18. The lowest BCUT2D eigenvalue weighted by atomic mass is 10.1. The van der Waals surface area contributed by atoms with Gasteiger partial charge in [-0.1, -0.05) is 12.1 Å². The Morgan fingerprint density at radius 3 is 2.67 bits per heavy atom. The maximum atomic E-state index is 12.3. The van der Waals surface area contributed by atoms with Gasteiger partial charge in [0.1, 0.15) is 11.4 Å². The van der Waals surface area contributed by atoms with Gasteiger partial charge in [-0.3, -0.25) is 25.5 Å². The van der Waals surface area contributed by atoms with E-state index in [9.17, 15) is 9.59 Å². The summed E-state index contributed by atoms with van der Waals surface area (Å²) >= 11 is 1.56. The van der Waals surface area contributed by atoms with Crippen molar-refractivity contribution in [2.45, 2.75) is 12.8 Å². The second-order valence-electron chi connectivity index (χ2n) is 6.47. The lowest BCUT2D eigenvalue weighted by Crippen LogP contribution is -2.41. The summed E-state index contributed by atoms with van der Waals surface area (Å²) in [4.78, 5) is 28.8. The minimum atomic E-state index is -0.476. The van der Waals surface area contributed by atoms with Gasteiger partial charge in [-0.25, -0.2) is 4.98 Å². The van der Waals surface area contributed by atoms with Crippen molar-refractivity contribution in [3.05, 3.63) is 65.3 Å². The van der Waals surface area contributed by atoms with Crippen LogP contribution in [0.4, 0.5) is 0 Å². The first-order valence-electron chi connectivity index (χ1n) is 9.26. The highest BCUT2D eigenvalue weighted by Crippen LogP contribution is 2.22. The second kappa shape index (κ2) is 8.75. The minimum Gasteiger partial charge on any atom is -0.497 e. The fourth-order valence-corrected chi connectivity index (χ4v) is 3.82. The van der Waals surface area contributed by atoms with Crippen LogP contribution in [0.5, 0.6) is 5.75 Å². The van der Waals surface area contributed by atoms with Crippen molar-refractivity contribution in [3.63, 3.8) is 0 Å². The van der Waals surface area contributed by atoms with Crippen LogP contribution in [0.3, 0.4) is 0 Å². The number of ether oxygens (including phenoxy) is 1. The van der Waals surface area contributed by atoms with Gasteiger partial charge in [0, 0.05) is 18.4 Å². The number of benzene rings is 2. The van der Waals surface area contributed by atoms with Crippen LogP contribution in [0.15, 0.2) is 54.6 Å². The van der Waals surface area contributed by atoms with Gasteiger partial charge in [0.05, 0.1) is 28.0 Å². The number of aryl methyl sites for hydroxylation is 1. The third-order valence-electron chi connectivity index (χ3n) is 4.43. The van der Waals surface area contributed by atoms with Crippen LogP contribution in [0, 0.1) is 0 Å². The van der Waals surface area contributed by atoms with Crippen LogP contribution in [0.25, 0.3) is 21.5 Å². The van der Waals surface area contributed by atoms with Gasteiger partial charge in [-0.2, -0.15) is 5.10 Å². The summed E-state index contributed by atoms with van der Waals surface area (Å²) in [5.41, 5.74) is 7.45. The van der Waals surface area contributed by atoms with E-state index in [-0.39, 0.29) is 18.0 Å². The third kappa shape index (κ3) is 4.47. The first kappa shape index (κ1) is 19.6. The molecule has 3 N–H and O–H groups in total. The molecule has 0 atom stereocenters. The number of carbonyl (C=O) groups is 2. The molecule has 4 rings (SSSR count). The van der Waals surface area contributed by atoms with Crippen LogP contribution in [-0.2, 0) is 11.2 Å². The topological polar surface area (TPSA) is 109 Å². The van der Waals surface area contributed by atoms with E-state index in [1.807, 2.05) is 48.5 Å². The van der Waals surface area contributed by atoms with Gasteiger partial charge >= 0.3 is 0 Å². The molecule has 2 aromatic carbocycles. The highest BCUT2D eigenvalue weighted by Gasteiger charge is 2.13. The Morgan fingerprint density at radius 1 is 1.10 bits per heavy atom. The van der Waals surface area contributed by atoms with Gasteiger partial charge in [0.15, 0.2) is 0 Å². The van der Waals surface area contributed by atoms with Crippen molar-refractivity contribution in [1.29, 1.82) is 0 Å². The summed E-state index contributed by atoms with van der Waals surface area (Å²) in [5.74, 6) is -0.0334. The lowest BCUT2D eigenvalue weighted by molar-refractivity contribution is -0.121. The van der Waals surface area contributed by atoms with Gasteiger partial charge in [-0.05, 0) is 42.5 Å². The number of aromatic nitrogens is 3. The Bertz CT molecular complexity index is 1150. The molecule has 0 spiro atoms. The van der Waals surface area contributed by atoms with Crippen molar-refractivity contribution < 1.29 is 14.3 Å². The molecule has 0 aliphatic rings. The van der Waals surface area contributed by atoms with Crippen LogP contribution < -0.4 is 15.6 Å².